The molecule has 0 radical (unpaired) electrons. The summed E-state index contributed by atoms with van der Waals surface area (Å²) in [7, 11) is 0. The first-order chi connectivity index (χ1) is 11.2. The predicted molar refractivity (Wildman–Crippen MR) is 97.4 cm³/mol. The molecule has 0 N–H and O–H groups in total. The van der Waals surface area contributed by atoms with Crippen LogP contribution in [0.1, 0.15) is 11.1 Å². The van der Waals surface area contributed by atoms with Crippen molar-refractivity contribution in [1.82, 2.24) is 4.98 Å². The topological polar surface area (TPSA) is 12.9 Å². The summed E-state index contributed by atoms with van der Waals surface area (Å²) in [5.74, 6) is 2.65. The number of pyridine rings is 1. The largest absolute Gasteiger partial charge is 0.247 e. The molecule has 0 aliphatic rings. The second-order valence-corrected chi connectivity index (χ2v) is 5.78. The normalized spacial score (nSPS) is 10.8. The average Bonchev–Trinajstić information content (AvgIpc) is 2.61. The monoisotopic (exact) mass is 293 g/mol. The van der Waals surface area contributed by atoms with Crippen LogP contribution in [0.15, 0.2) is 66.7 Å². The van der Waals surface area contributed by atoms with Crippen LogP contribution in [0, 0.1) is 19.3 Å². The van der Waals surface area contributed by atoms with Crippen molar-refractivity contribution in [3.8, 4) is 23.6 Å². The van der Waals surface area contributed by atoms with E-state index in [1.165, 1.54) is 16.3 Å². The van der Waals surface area contributed by atoms with Crippen LogP contribution in [0.3, 0.4) is 0 Å². The molecular weight excluding hydrogens is 278 g/mol. The number of terminal acetylenes is 1. The molecule has 0 saturated carbocycles. The second-order valence-electron chi connectivity index (χ2n) is 5.78. The molecular formula is C22H15N. The van der Waals surface area contributed by atoms with Gasteiger partial charge in [-0.15, -0.1) is 6.42 Å². The van der Waals surface area contributed by atoms with Crippen molar-refractivity contribution in [2.45, 2.75) is 6.92 Å². The van der Waals surface area contributed by atoms with E-state index in [9.17, 15) is 0 Å². The van der Waals surface area contributed by atoms with Crippen LogP contribution in [-0.2, 0) is 0 Å². The maximum Gasteiger partial charge on any atom is 0.0787 e. The Morgan fingerprint density at radius 1 is 0.826 bits per heavy atom. The minimum Gasteiger partial charge on any atom is -0.247 e. The molecule has 4 rings (SSSR count). The van der Waals surface area contributed by atoms with E-state index in [1.54, 1.807) is 0 Å². The fourth-order valence-corrected chi connectivity index (χ4v) is 2.92. The van der Waals surface area contributed by atoms with Crippen LogP contribution >= 0.6 is 0 Å². The Morgan fingerprint density at radius 3 is 2.30 bits per heavy atom. The summed E-state index contributed by atoms with van der Waals surface area (Å²) in [4.78, 5) is 4.92. The molecule has 0 spiro atoms. The molecule has 1 aromatic heterocycles. The highest BCUT2D eigenvalue weighted by molar-refractivity contribution is 6.05. The van der Waals surface area contributed by atoms with Gasteiger partial charge in [0.25, 0.3) is 0 Å². The third-order valence-corrected chi connectivity index (χ3v) is 4.18. The van der Waals surface area contributed by atoms with E-state index in [-0.39, 0.29) is 0 Å². The molecule has 1 nitrogen and oxygen atoms in total. The van der Waals surface area contributed by atoms with E-state index in [2.05, 4.69) is 55.3 Å². The minimum atomic E-state index is 0.885. The highest BCUT2D eigenvalue weighted by Crippen LogP contribution is 2.28. The number of aromatic nitrogens is 1. The molecule has 0 amide bonds. The second kappa shape index (κ2) is 5.26. The summed E-state index contributed by atoms with van der Waals surface area (Å²) in [5.41, 5.74) is 5.22. The summed E-state index contributed by atoms with van der Waals surface area (Å²) >= 11 is 0. The van der Waals surface area contributed by atoms with Gasteiger partial charge in [-0.2, -0.15) is 0 Å². The molecule has 23 heavy (non-hydrogen) atoms. The fourth-order valence-electron chi connectivity index (χ4n) is 2.92. The minimum absolute atomic E-state index is 0.885. The van der Waals surface area contributed by atoms with Gasteiger partial charge in [0.1, 0.15) is 0 Å². The zero-order chi connectivity index (χ0) is 15.8. The van der Waals surface area contributed by atoms with Gasteiger partial charge in [0, 0.05) is 21.9 Å². The smallest absolute Gasteiger partial charge is 0.0787 e. The summed E-state index contributed by atoms with van der Waals surface area (Å²) in [6, 6.07) is 22.9. The quantitative estimate of drug-likeness (QED) is 0.341. The maximum atomic E-state index is 5.42. The van der Waals surface area contributed by atoms with Crippen LogP contribution in [0.4, 0.5) is 0 Å². The van der Waals surface area contributed by atoms with Gasteiger partial charge in [-0.1, -0.05) is 53.9 Å². The number of fused-ring (bicyclic) bond motifs is 3. The van der Waals surface area contributed by atoms with E-state index in [4.69, 9.17) is 11.4 Å². The van der Waals surface area contributed by atoms with E-state index < -0.39 is 0 Å². The summed E-state index contributed by atoms with van der Waals surface area (Å²) in [6.45, 7) is 2.11. The predicted octanol–water partition coefficient (Wildman–Crippen LogP) is 5.34. The first kappa shape index (κ1) is 13.5. The van der Waals surface area contributed by atoms with Crippen molar-refractivity contribution in [2.75, 3.05) is 0 Å². The van der Waals surface area contributed by atoms with Crippen molar-refractivity contribution >= 4 is 21.7 Å². The molecule has 0 saturated heterocycles. The van der Waals surface area contributed by atoms with Gasteiger partial charge in [0.15, 0.2) is 0 Å². The first-order valence-electron chi connectivity index (χ1n) is 7.62. The molecule has 1 heterocycles. The lowest BCUT2D eigenvalue weighted by molar-refractivity contribution is 1.40. The van der Waals surface area contributed by atoms with Crippen LogP contribution in [0.5, 0.6) is 0 Å². The molecule has 0 aliphatic carbocycles. The molecule has 1 heteroatoms. The number of hydrogen-bond donors (Lipinski definition) is 0. The maximum absolute atomic E-state index is 5.42. The summed E-state index contributed by atoms with van der Waals surface area (Å²) in [6.07, 6.45) is 5.42. The average molecular weight is 293 g/mol. The van der Waals surface area contributed by atoms with Crippen LogP contribution in [-0.4, -0.2) is 4.98 Å². The molecule has 0 unspecified atom stereocenters. The lowest BCUT2D eigenvalue weighted by Gasteiger charge is -2.07. The highest BCUT2D eigenvalue weighted by atomic mass is 14.7. The molecule has 4 aromatic rings. The third-order valence-electron chi connectivity index (χ3n) is 4.18. The van der Waals surface area contributed by atoms with Gasteiger partial charge in [-0.05, 0) is 36.6 Å². The van der Waals surface area contributed by atoms with Crippen LogP contribution in [0.2, 0.25) is 0 Å². The van der Waals surface area contributed by atoms with E-state index >= 15 is 0 Å². The van der Waals surface area contributed by atoms with E-state index in [1.807, 2.05) is 24.3 Å². The Bertz CT molecular complexity index is 1070. The lowest BCUT2D eigenvalue weighted by atomic mass is 10.0. The molecule has 0 bridgehead atoms. The van der Waals surface area contributed by atoms with Crippen molar-refractivity contribution < 1.29 is 0 Å². The SMILES string of the molecule is C#Cc1ccc(-c2ccc3ccc4ccc(C)cc4c3n2)cc1. The fraction of sp³-hybridized carbons (Fsp3) is 0.0455. The number of nitrogens with zero attached hydrogens (tertiary/aromatic N) is 1. The summed E-state index contributed by atoms with van der Waals surface area (Å²) < 4.78 is 0. The first-order valence-corrected chi connectivity index (χ1v) is 7.62. The Hall–Kier alpha value is -3.11. The van der Waals surface area contributed by atoms with Crippen LogP contribution in [0.25, 0.3) is 32.9 Å². The Morgan fingerprint density at radius 2 is 1.52 bits per heavy atom. The summed E-state index contributed by atoms with van der Waals surface area (Å²) in [5, 5.41) is 3.58. The zero-order valence-electron chi connectivity index (χ0n) is 12.9. The zero-order valence-corrected chi connectivity index (χ0v) is 12.9. The number of benzene rings is 3. The molecule has 0 aliphatic heterocycles. The van der Waals surface area contributed by atoms with Crippen molar-refractivity contribution in [1.29, 1.82) is 0 Å². The third kappa shape index (κ3) is 2.35. The van der Waals surface area contributed by atoms with Crippen molar-refractivity contribution in [3.63, 3.8) is 0 Å². The molecule has 0 atom stereocenters. The van der Waals surface area contributed by atoms with E-state index in [0.717, 1.165) is 27.7 Å². The number of hydrogen-bond acceptors (Lipinski definition) is 1. The number of aryl methyl sites for hydroxylation is 1. The Balaban J connectivity index is 1.96. The van der Waals surface area contributed by atoms with Gasteiger partial charge < -0.3 is 0 Å². The molecule has 3 aromatic carbocycles. The Labute approximate surface area is 135 Å². The van der Waals surface area contributed by atoms with Gasteiger partial charge in [0.05, 0.1) is 11.2 Å². The van der Waals surface area contributed by atoms with Gasteiger partial charge >= 0.3 is 0 Å². The molecule has 0 fully saturated rings. The lowest BCUT2D eigenvalue weighted by Crippen LogP contribution is -1.88. The van der Waals surface area contributed by atoms with Gasteiger partial charge in [-0.25, -0.2) is 4.98 Å². The Kier molecular flexibility index (Phi) is 3.10. The van der Waals surface area contributed by atoms with Gasteiger partial charge in [-0.3, -0.25) is 0 Å². The number of rotatable bonds is 1. The van der Waals surface area contributed by atoms with Crippen molar-refractivity contribution in [3.05, 3.63) is 77.9 Å². The molecule has 108 valence electrons. The highest BCUT2D eigenvalue weighted by Gasteiger charge is 2.05. The standard InChI is InChI=1S/C22H15N/c1-3-16-5-8-18(9-6-16)21-13-12-19-11-10-17-7-4-15(2)14-20(17)22(19)23-21/h1,4-14H,2H3. The van der Waals surface area contributed by atoms with Crippen LogP contribution < -0.4 is 0 Å². The van der Waals surface area contributed by atoms with Crippen molar-refractivity contribution in [2.24, 2.45) is 0 Å². The van der Waals surface area contributed by atoms with E-state index in [0.29, 0.717) is 0 Å². The van der Waals surface area contributed by atoms with Gasteiger partial charge in [0.2, 0.25) is 0 Å².